The molecule has 0 saturated carbocycles. The van der Waals surface area contributed by atoms with Crippen LogP contribution in [0.1, 0.15) is 32.6 Å². The minimum atomic E-state index is 1.14. The lowest BCUT2D eigenvalue weighted by molar-refractivity contribution is 0.669. The number of hydrogen-bond acceptors (Lipinski definition) is 1. The van der Waals surface area contributed by atoms with Crippen LogP contribution in [0.2, 0.25) is 0 Å². The first-order chi connectivity index (χ1) is 4.81. The maximum atomic E-state index is 3.95. The van der Waals surface area contributed by atoms with Crippen molar-refractivity contribution in [3.8, 4) is 0 Å². The summed E-state index contributed by atoms with van der Waals surface area (Å²) in [6.45, 7) is 7.25. The SMILES string of the molecule is C=C(CC)CCCCNC. The second-order valence-corrected chi connectivity index (χ2v) is 2.66. The molecular weight excluding hydrogens is 122 g/mol. The number of rotatable bonds is 6. The quantitative estimate of drug-likeness (QED) is 0.442. The molecule has 0 saturated heterocycles. The van der Waals surface area contributed by atoms with E-state index >= 15 is 0 Å². The van der Waals surface area contributed by atoms with Gasteiger partial charge in [-0.3, -0.25) is 0 Å². The molecule has 1 nitrogen and oxygen atoms in total. The van der Waals surface area contributed by atoms with Crippen LogP contribution in [-0.2, 0) is 0 Å². The summed E-state index contributed by atoms with van der Waals surface area (Å²) in [5.74, 6) is 0. The second kappa shape index (κ2) is 6.81. The molecule has 0 atom stereocenters. The first-order valence-corrected chi connectivity index (χ1v) is 4.12. The number of allylic oxidation sites excluding steroid dienone is 1. The van der Waals surface area contributed by atoms with Crippen LogP contribution in [0.15, 0.2) is 12.2 Å². The molecule has 0 heterocycles. The van der Waals surface area contributed by atoms with Gasteiger partial charge in [-0.1, -0.05) is 19.1 Å². The molecule has 0 aliphatic carbocycles. The Morgan fingerprint density at radius 1 is 1.40 bits per heavy atom. The van der Waals surface area contributed by atoms with Crippen LogP contribution < -0.4 is 5.32 Å². The lowest BCUT2D eigenvalue weighted by Gasteiger charge is -2.01. The van der Waals surface area contributed by atoms with Crippen LogP contribution in [0.25, 0.3) is 0 Å². The van der Waals surface area contributed by atoms with Gasteiger partial charge in [0, 0.05) is 0 Å². The van der Waals surface area contributed by atoms with Crippen molar-refractivity contribution < 1.29 is 0 Å². The predicted octanol–water partition coefficient (Wildman–Crippen LogP) is 2.34. The number of hydrogen-bond donors (Lipinski definition) is 1. The summed E-state index contributed by atoms with van der Waals surface area (Å²) in [6.07, 6.45) is 4.90. The van der Waals surface area contributed by atoms with Crippen molar-refractivity contribution in [3.05, 3.63) is 12.2 Å². The molecule has 0 fully saturated rings. The summed E-state index contributed by atoms with van der Waals surface area (Å²) < 4.78 is 0. The van der Waals surface area contributed by atoms with Crippen molar-refractivity contribution in [1.82, 2.24) is 5.32 Å². The monoisotopic (exact) mass is 141 g/mol. The standard InChI is InChI=1S/C9H19N/c1-4-9(2)7-5-6-8-10-3/h10H,2,4-8H2,1,3H3. The first kappa shape index (κ1) is 9.70. The van der Waals surface area contributed by atoms with Crippen molar-refractivity contribution in [2.24, 2.45) is 0 Å². The average molecular weight is 141 g/mol. The van der Waals surface area contributed by atoms with E-state index in [1.54, 1.807) is 0 Å². The molecule has 0 unspecified atom stereocenters. The maximum Gasteiger partial charge on any atom is -0.00518 e. The van der Waals surface area contributed by atoms with Gasteiger partial charge in [0.15, 0.2) is 0 Å². The van der Waals surface area contributed by atoms with E-state index in [9.17, 15) is 0 Å². The fraction of sp³-hybridized carbons (Fsp3) is 0.778. The Morgan fingerprint density at radius 3 is 2.60 bits per heavy atom. The molecule has 0 aliphatic rings. The van der Waals surface area contributed by atoms with Crippen LogP contribution in [0.4, 0.5) is 0 Å². The third-order valence-electron chi connectivity index (χ3n) is 1.71. The van der Waals surface area contributed by atoms with Crippen molar-refractivity contribution >= 4 is 0 Å². The number of unbranched alkanes of at least 4 members (excludes halogenated alkanes) is 1. The number of nitrogens with one attached hydrogen (secondary N) is 1. The van der Waals surface area contributed by atoms with Crippen molar-refractivity contribution in [2.75, 3.05) is 13.6 Å². The topological polar surface area (TPSA) is 12.0 Å². The van der Waals surface area contributed by atoms with Crippen LogP contribution in [0.3, 0.4) is 0 Å². The van der Waals surface area contributed by atoms with Crippen LogP contribution in [0, 0.1) is 0 Å². The summed E-state index contributed by atoms with van der Waals surface area (Å²) in [5.41, 5.74) is 1.39. The fourth-order valence-corrected chi connectivity index (χ4v) is 0.854. The van der Waals surface area contributed by atoms with Gasteiger partial charge in [0.2, 0.25) is 0 Å². The smallest absolute Gasteiger partial charge is 0.00518 e. The first-order valence-electron chi connectivity index (χ1n) is 4.12. The Kier molecular flexibility index (Phi) is 6.61. The Labute approximate surface area is 64.5 Å². The molecule has 1 N–H and O–H groups in total. The van der Waals surface area contributed by atoms with Gasteiger partial charge in [-0.25, -0.2) is 0 Å². The summed E-state index contributed by atoms with van der Waals surface area (Å²) in [6, 6.07) is 0. The molecule has 0 rings (SSSR count). The van der Waals surface area contributed by atoms with Gasteiger partial charge in [0.1, 0.15) is 0 Å². The van der Waals surface area contributed by atoms with E-state index in [-0.39, 0.29) is 0 Å². The van der Waals surface area contributed by atoms with Crippen LogP contribution in [-0.4, -0.2) is 13.6 Å². The van der Waals surface area contributed by atoms with E-state index < -0.39 is 0 Å². The molecule has 1 heteroatoms. The molecule has 60 valence electrons. The molecule has 0 amide bonds. The van der Waals surface area contributed by atoms with E-state index in [1.807, 2.05) is 7.05 Å². The normalized spacial score (nSPS) is 9.80. The highest BCUT2D eigenvalue weighted by molar-refractivity contribution is 4.91. The highest BCUT2D eigenvalue weighted by atomic mass is 14.8. The minimum absolute atomic E-state index is 1.14. The largest absolute Gasteiger partial charge is 0.320 e. The van der Waals surface area contributed by atoms with Crippen molar-refractivity contribution in [1.29, 1.82) is 0 Å². The zero-order valence-electron chi connectivity index (χ0n) is 7.24. The van der Waals surface area contributed by atoms with Gasteiger partial charge in [0.25, 0.3) is 0 Å². The van der Waals surface area contributed by atoms with Gasteiger partial charge in [-0.15, -0.1) is 0 Å². The van der Waals surface area contributed by atoms with Gasteiger partial charge < -0.3 is 5.32 Å². The minimum Gasteiger partial charge on any atom is -0.320 e. The second-order valence-electron chi connectivity index (χ2n) is 2.66. The lowest BCUT2D eigenvalue weighted by Crippen LogP contribution is -2.06. The van der Waals surface area contributed by atoms with Crippen LogP contribution in [0.5, 0.6) is 0 Å². The van der Waals surface area contributed by atoms with Gasteiger partial charge in [0.05, 0.1) is 0 Å². The van der Waals surface area contributed by atoms with Gasteiger partial charge in [-0.05, 0) is 39.3 Å². The summed E-state index contributed by atoms with van der Waals surface area (Å²) >= 11 is 0. The summed E-state index contributed by atoms with van der Waals surface area (Å²) in [4.78, 5) is 0. The zero-order chi connectivity index (χ0) is 7.82. The Bertz CT molecular complexity index is 86.7. The third-order valence-corrected chi connectivity index (χ3v) is 1.71. The molecule has 0 spiro atoms. The molecule has 0 aromatic heterocycles. The molecule has 0 radical (unpaired) electrons. The highest BCUT2D eigenvalue weighted by Gasteiger charge is 1.89. The lowest BCUT2D eigenvalue weighted by atomic mass is 10.1. The molecule has 0 bridgehead atoms. The van der Waals surface area contributed by atoms with Crippen molar-refractivity contribution in [3.63, 3.8) is 0 Å². The zero-order valence-corrected chi connectivity index (χ0v) is 7.24. The van der Waals surface area contributed by atoms with E-state index in [1.165, 1.54) is 24.8 Å². The maximum absolute atomic E-state index is 3.95. The van der Waals surface area contributed by atoms with Gasteiger partial charge in [-0.2, -0.15) is 0 Å². The van der Waals surface area contributed by atoms with Crippen molar-refractivity contribution in [2.45, 2.75) is 32.6 Å². The Balaban J connectivity index is 2.96. The van der Waals surface area contributed by atoms with Gasteiger partial charge >= 0.3 is 0 Å². The fourth-order valence-electron chi connectivity index (χ4n) is 0.854. The van der Waals surface area contributed by atoms with E-state index in [2.05, 4.69) is 18.8 Å². The molecule has 0 aromatic carbocycles. The van der Waals surface area contributed by atoms with Crippen LogP contribution >= 0.6 is 0 Å². The molecule has 10 heavy (non-hydrogen) atoms. The highest BCUT2D eigenvalue weighted by Crippen LogP contribution is 2.07. The third kappa shape index (κ3) is 5.83. The molecule has 0 aromatic rings. The average Bonchev–Trinajstić information content (AvgIpc) is 1.98. The van der Waals surface area contributed by atoms with E-state index in [4.69, 9.17) is 0 Å². The summed E-state index contributed by atoms with van der Waals surface area (Å²) in [7, 11) is 1.99. The van der Waals surface area contributed by atoms with E-state index in [0.29, 0.717) is 0 Å². The molecule has 0 aliphatic heterocycles. The Morgan fingerprint density at radius 2 is 2.10 bits per heavy atom. The Hall–Kier alpha value is -0.300. The molecular formula is C9H19N. The summed E-state index contributed by atoms with van der Waals surface area (Å²) in [5, 5.41) is 3.13. The predicted molar refractivity (Wildman–Crippen MR) is 47.2 cm³/mol. The van der Waals surface area contributed by atoms with E-state index in [0.717, 1.165) is 13.0 Å².